The molecule has 4 aromatic rings. The molecule has 2 fully saturated rings. The van der Waals surface area contributed by atoms with Gasteiger partial charge >= 0.3 is 5.97 Å². The van der Waals surface area contributed by atoms with Gasteiger partial charge < -0.3 is 15.3 Å². The second-order valence-electron chi connectivity index (χ2n) is 10.9. The number of anilines is 2. The van der Waals surface area contributed by atoms with E-state index >= 15 is 0 Å². The Labute approximate surface area is 227 Å². The van der Waals surface area contributed by atoms with Gasteiger partial charge in [0.05, 0.1) is 28.8 Å². The zero-order valence-corrected chi connectivity index (χ0v) is 22.3. The molecule has 6 rings (SSSR count). The SMILES string of the molecule is Cc1cc(C(C)Nc2ccccc2C(=O)O)c2nc(N3C4CCC3CC(c3cnn(C)c3)C4)c(C#N)nc2c1. The second kappa shape index (κ2) is 9.70. The summed E-state index contributed by atoms with van der Waals surface area (Å²) in [6.45, 7) is 3.99. The maximum absolute atomic E-state index is 11.8. The number of aromatic nitrogens is 4. The van der Waals surface area contributed by atoms with Crippen LogP contribution in [-0.2, 0) is 7.05 Å². The minimum atomic E-state index is -0.981. The van der Waals surface area contributed by atoms with Crippen molar-refractivity contribution in [2.75, 3.05) is 10.2 Å². The van der Waals surface area contributed by atoms with Crippen molar-refractivity contribution >= 4 is 28.5 Å². The van der Waals surface area contributed by atoms with Crippen molar-refractivity contribution in [2.45, 2.75) is 63.6 Å². The Morgan fingerprint density at radius 3 is 2.59 bits per heavy atom. The van der Waals surface area contributed by atoms with Gasteiger partial charge in [0.1, 0.15) is 6.07 Å². The Kier molecular flexibility index (Phi) is 6.18. The van der Waals surface area contributed by atoms with Gasteiger partial charge in [-0.05, 0) is 74.8 Å². The van der Waals surface area contributed by atoms with Gasteiger partial charge in [0.25, 0.3) is 0 Å². The van der Waals surface area contributed by atoms with Crippen LogP contribution in [0.3, 0.4) is 0 Å². The second-order valence-corrected chi connectivity index (χ2v) is 10.9. The molecule has 2 N–H and O–H groups in total. The third-order valence-corrected chi connectivity index (χ3v) is 8.20. The smallest absolute Gasteiger partial charge is 0.337 e. The number of aromatic carboxylic acids is 1. The molecule has 2 saturated heterocycles. The Balaban J connectivity index is 1.39. The van der Waals surface area contributed by atoms with Crippen molar-refractivity contribution in [3.63, 3.8) is 0 Å². The maximum atomic E-state index is 11.8. The Bertz CT molecular complexity index is 1610. The number of para-hydroxylation sites is 1. The summed E-state index contributed by atoms with van der Waals surface area (Å²) in [4.78, 5) is 24.1. The van der Waals surface area contributed by atoms with Gasteiger partial charge in [-0.1, -0.05) is 18.2 Å². The molecule has 2 aliphatic heterocycles. The van der Waals surface area contributed by atoms with Crippen molar-refractivity contribution in [3.05, 3.63) is 76.7 Å². The normalized spacial score (nSPS) is 21.1. The monoisotopic (exact) mass is 521 g/mol. The fraction of sp³-hybridized carbons (Fsp3) is 0.367. The topological polar surface area (TPSA) is 120 Å². The van der Waals surface area contributed by atoms with Crippen LogP contribution in [0.5, 0.6) is 0 Å². The van der Waals surface area contributed by atoms with Crippen LogP contribution in [0, 0.1) is 18.3 Å². The van der Waals surface area contributed by atoms with E-state index in [9.17, 15) is 15.2 Å². The minimum absolute atomic E-state index is 0.216. The van der Waals surface area contributed by atoms with Gasteiger partial charge in [-0.3, -0.25) is 4.68 Å². The largest absolute Gasteiger partial charge is 0.478 e. The summed E-state index contributed by atoms with van der Waals surface area (Å²) >= 11 is 0. The van der Waals surface area contributed by atoms with Crippen LogP contribution < -0.4 is 10.2 Å². The molecule has 0 radical (unpaired) electrons. The lowest BCUT2D eigenvalue weighted by molar-refractivity contribution is 0.0698. The van der Waals surface area contributed by atoms with Gasteiger partial charge in [0.15, 0.2) is 11.5 Å². The fourth-order valence-electron chi connectivity index (χ4n) is 6.46. The highest BCUT2D eigenvalue weighted by Crippen LogP contribution is 2.45. The van der Waals surface area contributed by atoms with Crippen molar-refractivity contribution in [1.29, 1.82) is 5.26 Å². The zero-order chi connectivity index (χ0) is 27.3. The van der Waals surface area contributed by atoms with E-state index in [-0.39, 0.29) is 11.6 Å². The van der Waals surface area contributed by atoms with E-state index in [1.807, 2.05) is 43.9 Å². The average molecular weight is 522 g/mol. The number of aryl methyl sites for hydroxylation is 2. The molecule has 2 aromatic carbocycles. The Morgan fingerprint density at radius 1 is 1.18 bits per heavy atom. The fourth-order valence-corrected chi connectivity index (χ4v) is 6.46. The number of hydrogen-bond acceptors (Lipinski definition) is 7. The highest BCUT2D eigenvalue weighted by molar-refractivity contribution is 5.94. The summed E-state index contributed by atoms with van der Waals surface area (Å²) in [7, 11) is 1.95. The minimum Gasteiger partial charge on any atom is -0.478 e. The quantitative estimate of drug-likeness (QED) is 0.349. The van der Waals surface area contributed by atoms with E-state index < -0.39 is 5.97 Å². The number of carbonyl (C=O) groups is 1. The average Bonchev–Trinajstić information content (AvgIpc) is 3.47. The number of piperidine rings is 1. The van der Waals surface area contributed by atoms with Crippen LogP contribution in [0.2, 0.25) is 0 Å². The summed E-state index contributed by atoms with van der Waals surface area (Å²) in [6, 6.07) is 13.6. The number of nitrogens with one attached hydrogen (secondary N) is 1. The number of carboxylic acids is 1. The first kappa shape index (κ1) is 24.9. The summed E-state index contributed by atoms with van der Waals surface area (Å²) in [5.74, 6) is 0.124. The lowest BCUT2D eigenvalue weighted by Gasteiger charge is -2.40. The van der Waals surface area contributed by atoms with Crippen LogP contribution in [0.4, 0.5) is 11.5 Å². The Morgan fingerprint density at radius 2 is 1.92 bits per heavy atom. The third-order valence-electron chi connectivity index (χ3n) is 8.20. The van der Waals surface area contributed by atoms with Gasteiger partial charge in [0.2, 0.25) is 0 Å². The number of carboxylic acid groups (broad SMARTS) is 1. The molecule has 0 spiro atoms. The van der Waals surface area contributed by atoms with Crippen LogP contribution in [0.1, 0.15) is 77.3 Å². The molecule has 2 aromatic heterocycles. The van der Waals surface area contributed by atoms with Crippen molar-refractivity contribution < 1.29 is 9.90 Å². The number of benzene rings is 2. The number of hydrogen-bond donors (Lipinski definition) is 2. The highest BCUT2D eigenvalue weighted by Gasteiger charge is 2.43. The standard InChI is InChI=1S/C30H31N7O2/c1-17-10-24(18(2)33-25-7-5-4-6-23(25)30(38)39)28-26(11-17)34-27(14-31)29(35-28)37-21-8-9-22(37)13-19(12-21)20-15-32-36(3)16-20/h4-7,10-11,15-16,18-19,21-22,33H,8-9,12-13H2,1-3H3,(H,38,39). The van der Waals surface area contributed by atoms with Gasteiger partial charge in [-0.15, -0.1) is 0 Å². The third kappa shape index (κ3) is 4.46. The van der Waals surface area contributed by atoms with Crippen LogP contribution in [0.15, 0.2) is 48.8 Å². The van der Waals surface area contributed by atoms with Crippen LogP contribution in [-0.4, -0.2) is 42.9 Å². The lowest BCUT2D eigenvalue weighted by atomic mass is 9.86. The summed E-state index contributed by atoms with van der Waals surface area (Å²) in [5.41, 5.74) is 5.71. The van der Waals surface area contributed by atoms with E-state index in [1.165, 1.54) is 5.56 Å². The predicted molar refractivity (Wildman–Crippen MR) is 149 cm³/mol. The molecule has 39 heavy (non-hydrogen) atoms. The van der Waals surface area contributed by atoms with Crippen LogP contribution >= 0.6 is 0 Å². The molecule has 0 amide bonds. The van der Waals surface area contributed by atoms with Crippen LogP contribution in [0.25, 0.3) is 11.0 Å². The molecule has 3 atom stereocenters. The molecule has 2 aliphatic rings. The molecule has 0 saturated carbocycles. The molecular formula is C30H31N7O2. The molecular weight excluding hydrogens is 490 g/mol. The lowest BCUT2D eigenvalue weighted by Crippen LogP contribution is -2.43. The van der Waals surface area contributed by atoms with E-state index in [4.69, 9.17) is 9.97 Å². The van der Waals surface area contributed by atoms with E-state index in [0.717, 1.165) is 42.3 Å². The molecule has 2 bridgehead atoms. The van der Waals surface area contributed by atoms with Gasteiger partial charge in [0, 0.05) is 36.6 Å². The molecule has 198 valence electrons. The number of fused-ring (bicyclic) bond motifs is 3. The first-order valence-corrected chi connectivity index (χ1v) is 13.4. The maximum Gasteiger partial charge on any atom is 0.337 e. The van der Waals surface area contributed by atoms with Gasteiger partial charge in [-0.2, -0.15) is 10.4 Å². The number of nitrogens with zero attached hydrogens (tertiary/aromatic N) is 6. The molecule has 4 heterocycles. The first-order chi connectivity index (χ1) is 18.8. The predicted octanol–water partition coefficient (Wildman–Crippen LogP) is 5.33. The summed E-state index contributed by atoms with van der Waals surface area (Å²) in [6.07, 6.45) is 8.21. The van der Waals surface area contributed by atoms with Crippen molar-refractivity contribution in [3.8, 4) is 6.07 Å². The number of rotatable bonds is 6. The van der Waals surface area contributed by atoms with E-state index in [0.29, 0.717) is 40.7 Å². The Hall–Kier alpha value is -4.45. The van der Waals surface area contributed by atoms with Crippen molar-refractivity contribution in [2.24, 2.45) is 7.05 Å². The van der Waals surface area contributed by atoms with Gasteiger partial charge in [-0.25, -0.2) is 14.8 Å². The van der Waals surface area contributed by atoms with E-state index in [1.54, 1.807) is 18.2 Å². The van der Waals surface area contributed by atoms with E-state index in [2.05, 4.69) is 33.6 Å². The molecule has 9 heteroatoms. The van der Waals surface area contributed by atoms with Crippen molar-refractivity contribution in [1.82, 2.24) is 19.7 Å². The number of nitriles is 1. The first-order valence-electron chi connectivity index (χ1n) is 13.4. The summed E-state index contributed by atoms with van der Waals surface area (Å²) < 4.78 is 1.86. The molecule has 3 unspecified atom stereocenters. The highest BCUT2D eigenvalue weighted by atomic mass is 16.4. The summed E-state index contributed by atoms with van der Waals surface area (Å²) in [5, 5.41) is 27.5. The zero-order valence-electron chi connectivity index (χ0n) is 22.3. The molecule has 9 nitrogen and oxygen atoms in total. The molecule has 0 aliphatic carbocycles.